The molecule has 30 heavy (non-hydrogen) atoms. The molecular weight excluding hydrogens is 390 g/mol. The summed E-state index contributed by atoms with van der Waals surface area (Å²) in [4.78, 5) is 25.1. The van der Waals surface area contributed by atoms with Crippen molar-refractivity contribution >= 4 is 11.9 Å². The molecule has 2 atom stereocenters. The first kappa shape index (κ1) is 19.8. The summed E-state index contributed by atoms with van der Waals surface area (Å²) >= 11 is 0. The van der Waals surface area contributed by atoms with Crippen molar-refractivity contribution in [3.63, 3.8) is 0 Å². The molecule has 0 amide bonds. The van der Waals surface area contributed by atoms with Gasteiger partial charge in [-0.1, -0.05) is 24.3 Å². The van der Waals surface area contributed by atoms with Gasteiger partial charge in [-0.15, -0.1) is 0 Å². The first-order valence-corrected chi connectivity index (χ1v) is 9.49. The maximum atomic E-state index is 13.1. The molecule has 1 aliphatic carbocycles. The molecule has 152 valence electrons. The lowest BCUT2D eigenvalue weighted by molar-refractivity contribution is -0.0389. The highest BCUT2D eigenvalue weighted by Crippen LogP contribution is 2.27. The molecule has 6 heteroatoms. The molecule has 0 heterocycles. The molecule has 0 aromatic heterocycles. The Morgan fingerprint density at radius 2 is 1.00 bits per heavy atom. The van der Waals surface area contributed by atoms with E-state index in [-0.39, 0.29) is 11.1 Å². The summed E-state index contributed by atoms with van der Waals surface area (Å²) in [6, 6.07) is 17.7. The van der Waals surface area contributed by atoms with Crippen molar-refractivity contribution in [2.45, 2.75) is 25.0 Å². The predicted octanol–water partition coefficient (Wildman–Crippen LogP) is 4.51. The number of fused-ring (bicyclic) bond motifs is 1. The van der Waals surface area contributed by atoms with E-state index < -0.39 is 35.8 Å². The van der Waals surface area contributed by atoms with Crippen LogP contribution in [-0.2, 0) is 22.3 Å². The molecule has 0 aliphatic heterocycles. The summed E-state index contributed by atoms with van der Waals surface area (Å²) in [6.45, 7) is 0. The molecule has 3 aromatic carbocycles. The van der Waals surface area contributed by atoms with Crippen LogP contribution in [0.25, 0.3) is 0 Å². The number of benzene rings is 3. The smallest absolute Gasteiger partial charge is 0.338 e. The highest BCUT2D eigenvalue weighted by Gasteiger charge is 2.34. The van der Waals surface area contributed by atoms with E-state index >= 15 is 0 Å². The summed E-state index contributed by atoms with van der Waals surface area (Å²) in [7, 11) is 0. The lowest BCUT2D eigenvalue weighted by Gasteiger charge is -2.32. The molecule has 2 unspecified atom stereocenters. The zero-order chi connectivity index (χ0) is 21.1. The van der Waals surface area contributed by atoms with Crippen LogP contribution in [-0.4, -0.2) is 24.1 Å². The fourth-order valence-corrected chi connectivity index (χ4v) is 3.47. The Morgan fingerprint density at radius 1 is 0.633 bits per heavy atom. The maximum absolute atomic E-state index is 13.1. The monoisotopic (exact) mass is 408 g/mol. The molecule has 0 bridgehead atoms. The molecule has 4 rings (SSSR count). The average molecular weight is 408 g/mol. The van der Waals surface area contributed by atoms with Crippen LogP contribution in [0.2, 0.25) is 0 Å². The van der Waals surface area contributed by atoms with E-state index in [0.717, 1.165) is 11.1 Å². The lowest BCUT2D eigenvalue weighted by atomic mass is 9.87. The van der Waals surface area contributed by atoms with Crippen molar-refractivity contribution in [2.75, 3.05) is 0 Å². The summed E-state index contributed by atoms with van der Waals surface area (Å²) in [6.07, 6.45) is -0.654. The van der Waals surface area contributed by atoms with Crippen LogP contribution in [0.3, 0.4) is 0 Å². The number of carbonyl (C=O) groups excluding carboxylic acids is 2. The molecule has 1 aliphatic rings. The van der Waals surface area contributed by atoms with E-state index in [1.54, 1.807) is 0 Å². The predicted molar refractivity (Wildman–Crippen MR) is 105 cm³/mol. The third-order valence-corrected chi connectivity index (χ3v) is 5.05. The minimum atomic E-state index is -0.707. The minimum Gasteiger partial charge on any atom is -0.454 e. The number of carbonyl (C=O) groups is 2. The van der Waals surface area contributed by atoms with Crippen LogP contribution in [0, 0.1) is 11.6 Å². The first-order valence-electron chi connectivity index (χ1n) is 9.49. The summed E-state index contributed by atoms with van der Waals surface area (Å²) in [5, 5.41) is 0. The minimum absolute atomic E-state index is 0.207. The van der Waals surface area contributed by atoms with Crippen molar-refractivity contribution in [2.24, 2.45) is 0 Å². The van der Waals surface area contributed by atoms with Crippen molar-refractivity contribution in [3.05, 3.63) is 107 Å². The first-order chi connectivity index (χ1) is 14.5. The van der Waals surface area contributed by atoms with Crippen molar-refractivity contribution in [1.29, 1.82) is 0 Å². The number of hydrogen-bond acceptors (Lipinski definition) is 4. The number of halogens is 2. The fourth-order valence-electron chi connectivity index (χ4n) is 3.47. The van der Waals surface area contributed by atoms with Gasteiger partial charge in [-0.05, 0) is 59.7 Å². The van der Waals surface area contributed by atoms with Crippen LogP contribution < -0.4 is 0 Å². The van der Waals surface area contributed by atoms with Crippen LogP contribution >= 0.6 is 0 Å². The highest BCUT2D eigenvalue weighted by atomic mass is 19.1. The Morgan fingerprint density at radius 3 is 1.37 bits per heavy atom. The fraction of sp³-hybridized carbons (Fsp3) is 0.167. The van der Waals surface area contributed by atoms with E-state index in [2.05, 4.69) is 0 Å². The van der Waals surface area contributed by atoms with Gasteiger partial charge >= 0.3 is 11.9 Å². The second kappa shape index (κ2) is 8.45. The van der Waals surface area contributed by atoms with Crippen LogP contribution in [0.4, 0.5) is 8.78 Å². The molecular formula is C24H18F2O4. The Hall–Kier alpha value is -3.54. The van der Waals surface area contributed by atoms with Gasteiger partial charge in [0.05, 0.1) is 11.1 Å². The molecule has 0 N–H and O–H groups in total. The SMILES string of the molecule is O=C(OC1Cc2ccccc2CC1OC(=O)c1ccc(F)cc1)c1ccc(F)cc1. The molecule has 0 saturated heterocycles. The molecule has 0 radical (unpaired) electrons. The Balaban J connectivity index is 1.55. The summed E-state index contributed by atoms with van der Waals surface area (Å²) < 4.78 is 37.6. The molecule has 3 aromatic rings. The number of esters is 2. The van der Waals surface area contributed by atoms with Gasteiger partial charge in [0.25, 0.3) is 0 Å². The van der Waals surface area contributed by atoms with Gasteiger partial charge in [0.1, 0.15) is 23.8 Å². The zero-order valence-corrected chi connectivity index (χ0v) is 15.9. The molecule has 4 nitrogen and oxygen atoms in total. The molecule has 0 spiro atoms. The quantitative estimate of drug-likeness (QED) is 0.596. The zero-order valence-electron chi connectivity index (χ0n) is 15.9. The van der Waals surface area contributed by atoms with Crippen LogP contribution in [0.5, 0.6) is 0 Å². The number of rotatable bonds is 4. The van der Waals surface area contributed by atoms with Crippen molar-refractivity contribution in [1.82, 2.24) is 0 Å². The number of hydrogen-bond donors (Lipinski definition) is 0. The second-order valence-electron chi connectivity index (χ2n) is 7.08. The van der Waals surface area contributed by atoms with Gasteiger partial charge in [-0.25, -0.2) is 18.4 Å². The maximum Gasteiger partial charge on any atom is 0.338 e. The van der Waals surface area contributed by atoms with Crippen molar-refractivity contribution < 1.29 is 27.8 Å². The molecule has 0 fully saturated rings. The largest absolute Gasteiger partial charge is 0.454 e. The number of ether oxygens (including phenoxy) is 2. The van der Waals surface area contributed by atoms with E-state index in [1.807, 2.05) is 24.3 Å². The van der Waals surface area contributed by atoms with Gasteiger partial charge in [-0.3, -0.25) is 0 Å². The second-order valence-corrected chi connectivity index (χ2v) is 7.08. The van der Waals surface area contributed by atoms with Crippen LogP contribution in [0.15, 0.2) is 72.8 Å². The van der Waals surface area contributed by atoms with Crippen LogP contribution in [0.1, 0.15) is 31.8 Å². The lowest BCUT2D eigenvalue weighted by Crippen LogP contribution is -2.41. The van der Waals surface area contributed by atoms with Gasteiger partial charge < -0.3 is 9.47 Å². The topological polar surface area (TPSA) is 52.6 Å². The van der Waals surface area contributed by atoms with E-state index in [0.29, 0.717) is 12.8 Å². The summed E-state index contributed by atoms with van der Waals surface area (Å²) in [5.41, 5.74) is 2.42. The molecule has 0 saturated carbocycles. The van der Waals surface area contributed by atoms with E-state index in [9.17, 15) is 18.4 Å². The van der Waals surface area contributed by atoms with Gasteiger partial charge in [0, 0.05) is 12.8 Å². The van der Waals surface area contributed by atoms with Gasteiger partial charge in [-0.2, -0.15) is 0 Å². The van der Waals surface area contributed by atoms with E-state index in [1.165, 1.54) is 48.5 Å². The standard InChI is InChI=1S/C24H18F2O4/c25-19-9-5-15(6-10-19)23(27)29-21-13-17-3-1-2-4-18(17)14-22(21)30-24(28)16-7-11-20(26)12-8-16/h1-12,21-22H,13-14H2. The highest BCUT2D eigenvalue weighted by molar-refractivity contribution is 5.90. The Bertz CT molecular complexity index is 975. The average Bonchev–Trinajstić information content (AvgIpc) is 2.75. The van der Waals surface area contributed by atoms with Crippen molar-refractivity contribution in [3.8, 4) is 0 Å². The Labute approximate surface area is 172 Å². The normalized spacial score (nSPS) is 17.7. The van der Waals surface area contributed by atoms with Gasteiger partial charge in [0.15, 0.2) is 0 Å². The van der Waals surface area contributed by atoms with E-state index in [4.69, 9.17) is 9.47 Å². The third-order valence-electron chi connectivity index (χ3n) is 5.05. The summed E-state index contributed by atoms with van der Waals surface area (Å²) in [5.74, 6) is -2.15. The Kier molecular flexibility index (Phi) is 5.57. The third kappa shape index (κ3) is 4.38. The van der Waals surface area contributed by atoms with Gasteiger partial charge in [0.2, 0.25) is 0 Å².